The topological polar surface area (TPSA) is 0 Å². The third kappa shape index (κ3) is 1.86. The fraction of sp³-hybridized carbons (Fsp3) is 0.933. The summed E-state index contributed by atoms with van der Waals surface area (Å²) in [4.78, 5) is 0. The minimum absolute atomic E-state index is 0.845. The van der Waals surface area contributed by atoms with Gasteiger partial charge in [0.25, 0.3) is 0 Å². The quantitative estimate of drug-likeness (QED) is 0.401. The zero-order valence-electron chi connectivity index (χ0n) is 12.8. The maximum Gasteiger partial charge on any atom is 0.0922 e. The lowest BCUT2D eigenvalue weighted by molar-refractivity contribution is 0.346. The summed E-state index contributed by atoms with van der Waals surface area (Å²) in [5.74, 6) is 2.77. The van der Waals surface area contributed by atoms with Crippen molar-refractivity contribution in [1.29, 1.82) is 0 Å². The summed E-state index contributed by atoms with van der Waals surface area (Å²) < 4.78 is 0.845. The maximum absolute atomic E-state index is 2.72. The van der Waals surface area contributed by atoms with Gasteiger partial charge in [0.1, 0.15) is 0 Å². The van der Waals surface area contributed by atoms with Crippen LogP contribution in [-0.4, -0.2) is 16.1 Å². The van der Waals surface area contributed by atoms with Gasteiger partial charge in [-0.1, -0.05) is 51.6 Å². The number of rotatable bonds is 0. The molecule has 17 heavy (non-hydrogen) atoms. The summed E-state index contributed by atoms with van der Waals surface area (Å²) in [6.07, 6.45) is 5.98. The predicted octanol–water partition coefficient (Wildman–Crippen LogP) is 5.50. The Balaban J connectivity index is 2.42. The Hall–Kier alpha value is 0.304. The number of hydrogen-bond donors (Lipinski definition) is 0. The van der Waals surface area contributed by atoms with Crippen molar-refractivity contribution in [2.45, 2.75) is 82.5 Å². The van der Waals surface area contributed by atoms with Gasteiger partial charge in [0, 0.05) is 0 Å². The lowest BCUT2D eigenvalue weighted by Crippen LogP contribution is -2.63. The van der Waals surface area contributed by atoms with Gasteiger partial charge < -0.3 is 0 Å². The summed E-state index contributed by atoms with van der Waals surface area (Å²) in [5.41, 5.74) is 0. The minimum Gasteiger partial charge on any atom is -0.0691 e. The van der Waals surface area contributed by atoms with Crippen molar-refractivity contribution >= 4 is 16.1 Å². The normalized spacial score (nSPS) is 34.9. The molecule has 1 spiro atoms. The van der Waals surface area contributed by atoms with Crippen molar-refractivity contribution in [2.24, 2.45) is 5.92 Å². The van der Waals surface area contributed by atoms with Gasteiger partial charge in [-0.05, 0) is 17.0 Å². The van der Waals surface area contributed by atoms with Gasteiger partial charge in [0.15, 0.2) is 0 Å². The molecule has 0 nitrogen and oxygen atoms in total. The highest BCUT2D eigenvalue weighted by atomic mass is 28.4. The Morgan fingerprint density at radius 3 is 2.06 bits per heavy atom. The predicted molar refractivity (Wildman–Crippen MR) is 83.8 cm³/mol. The fourth-order valence-corrected chi connectivity index (χ4v) is 21.7. The molecule has 0 aromatic rings. The van der Waals surface area contributed by atoms with Crippen LogP contribution in [0.25, 0.3) is 0 Å². The van der Waals surface area contributed by atoms with Crippen molar-refractivity contribution in [3.63, 3.8) is 0 Å². The third-order valence-electron chi connectivity index (χ3n) is 6.46. The lowest BCUT2D eigenvalue weighted by atomic mass is 9.82. The molecule has 0 aromatic heterocycles. The van der Waals surface area contributed by atoms with E-state index >= 15 is 0 Å². The SMILES string of the molecule is C[C+]1CCC2(C(C)C1)[Si](C)(C)CCC[Si]2(C)C. The number of hydrogen-bond acceptors (Lipinski definition) is 0. The van der Waals surface area contributed by atoms with Gasteiger partial charge in [-0.3, -0.25) is 0 Å². The van der Waals surface area contributed by atoms with Crippen LogP contribution >= 0.6 is 0 Å². The smallest absolute Gasteiger partial charge is 0.0691 e. The molecule has 1 unspecified atom stereocenters. The van der Waals surface area contributed by atoms with Crippen LogP contribution in [0.4, 0.5) is 0 Å². The molecular weight excluding hydrogens is 236 g/mol. The van der Waals surface area contributed by atoms with E-state index in [-0.39, 0.29) is 0 Å². The zero-order chi connectivity index (χ0) is 12.9. The second-order valence-corrected chi connectivity index (χ2v) is 19.0. The molecule has 0 amide bonds. The van der Waals surface area contributed by atoms with Crippen LogP contribution in [0, 0.1) is 11.8 Å². The molecule has 1 atom stereocenters. The van der Waals surface area contributed by atoms with E-state index in [0.29, 0.717) is 0 Å². The van der Waals surface area contributed by atoms with Crippen molar-refractivity contribution in [3.8, 4) is 0 Å². The molecule has 1 saturated carbocycles. The van der Waals surface area contributed by atoms with Crippen LogP contribution in [-0.2, 0) is 0 Å². The van der Waals surface area contributed by atoms with E-state index in [9.17, 15) is 0 Å². The monoisotopic (exact) mass is 267 g/mol. The molecule has 2 rings (SSSR count). The van der Waals surface area contributed by atoms with Crippen LogP contribution in [0.2, 0.25) is 42.9 Å². The molecule has 2 aliphatic rings. The highest BCUT2D eigenvalue weighted by Crippen LogP contribution is 2.65. The van der Waals surface area contributed by atoms with Gasteiger partial charge in [-0.25, -0.2) is 0 Å². The van der Waals surface area contributed by atoms with Gasteiger partial charge in [0.2, 0.25) is 0 Å². The van der Waals surface area contributed by atoms with E-state index in [1.807, 2.05) is 0 Å². The van der Waals surface area contributed by atoms with E-state index in [4.69, 9.17) is 0 Å². The Labute approximate surface area is 111 Å². The zero-order valence-corrected chi connectivity index (χ0v) is 14.8. The van der Waals surface area contributed by atoms with Gasteiger partial charge in [-0.2, -0.15) is 0 Å². The maximum atomic E-state index is 2.72. The first-order chi connectivity index (χ1) is 7.73. The third-order valence-corrected chi connectivity index (χ3v) is 20.0. The lowest BCUT2D eigenvalue weighted by Gasteiger charge is -2.62. The second kappa shape index (κ2) is 4.16. The summed E-state index contributed by atoms with van der Waals surface area (Å²) in [7, 11) is -2.04. The van der Waals surface area contributed by atoms with E-state index in [1.54, 1.807) is 30.8 Å². The summed E-state index contributed by atoms with van der Waals surface area (Å²) in [6.45, 7) is 15.9. The van der Waals surface area contributed by atoms with Gasteiger partial charge in [0.05, 0.1) is 41.8 Å². The Kier molecular flexibility index (Phi) is 3.36. The van der Waals surface area contributed by atoms with Crippen LogP contribution in [0.5, 0.6) is 0 Å². The molecule has 1 aliphatic carbocycles. The molecule has 98 valence electrons. The molecule has 1 heterocycles. The molecule has 1 aliphatic heterocycles. The summed E-state index contributed by atoms with van der Waals surface area (Å²) in [5, 5.41) is 0. The van der Waals surface area contributed by atoms with Gasteiger partial charge >= 0.3 is 0 Å². The first kappa shape index (κ1) is 13.7. The minimum atomic E-state index is -1.02. The van der Waals surface area contributed by atoms with Gasteiger partial charge in [-0.15, -0.1) is 0 Å². The average molecular weight is 268 g/mol. The molecule has 1 saturated heterocycles. The van der Waals surface area contributed by atoms with Crippen molar-refractivity contribution in [3.05, 3.63) is 5.92 Å². The first-order valence-corrected chi connectivity index (χ1v) is 14.0. The van der Waals surface area contributed by atoms with Crippen LogP contribution in [0.3, 0.4) is 0 Å². The first-order valence-electron chi connectivity index (χ1n) is 7.54. The summed E-state index contributed by atoms with van der Waals surface area (Å²) >= 11 is 0. The largest absolute Gasteiger partial charge is 0.0922 e. The van der Waals surface area contributed by atoms with E-state index in [2.05, 4.69) is 40.0 Å². The molecule has 0 N–H and O–H groups in total. The van der Waals surface area contributed by atoms with Crippen LogP contribution < -0.4 is 0 Å². The summed E-state index contributed by atoms with van der Waals surface area (Å²) in [6, 6.07) is 3.21. The highest BCUT2D eigenvalue weighted by Gasteiger charge is 2.63. The van der Waals surface area contributed by atoms with Crippen LogP contribution in [0.15, 0.2) is 0 Å². The highest BCUT2D eigenvalue weighted by molar-refractivity contribution is 7.00. The van der Waals surface area contributed by atoms with Crippen molar-refractivity contribution in [2.75, 3.05) is 0 Å². The molecule has 0 bridgehead atoms. The van der Waals surface area contributed by atoms with E-state index in [1.165, 1.54) is 12.8 Å². The molecule has 2 heteroatoms. The molecular formula is C15H31Si2+. The Morgan fingerprint density at radius 2 is 1.59 bits per heavy atom. The van der Waals surface area contributed by atoms with Crippen LogP contribution in [0.1, 0.15) is 39.5 Å². The fourth-order valence-electron chi connectivity index (χ4n) is 5.80. The molecule has 0 aromatic carbocycles. The second-order valence-electron chi connectivity index (χ2n) is 8.15. The van der Waals surface area contributed by atoms with E-state index < -0.39 is 16.1 Å². The Bertz CT molecular complexity index is 277. The average Bonchev–Trinajstić information content (AvgIpc) is 2.14. The standard InChI is InChI=1S/C15H31Si2/c1-13-8-9-15(14(2)12-13)16(3,4)10-7-11-17(15,5)6/h14H,7-12H2,1-6H3/q+1. The van der Waals surface area contributed by atoms with E-state index in [0.717, 1.165) is 10.6 Å². The van der Waals surface area contributed by atoms with Crippen molar-refractivity contribution < 1.29 is 0 Å². The molecule has 0 radical (unpaired) electrons. The Morgan fingerprint density at radius 1 is 1.06 bits per heavy atom. The molecule has 2 fully saturated rings. The van der Waals surface area contributed by atoms with Crippen molar-refractivity contribution in [1.82, 2.24) is 0 Å².